The summed E-state index contributed by atoms with van der Waals surface area (Å²) in [6.45, 7) is 2.96. The zero-order chi connectivity index (χ0) is 18.9. The maximum atomic E-state index is 8.90. The van der Waals surface area contributed by atoms with Crippen LogP contribution in [0.5, 0.6) is 0 Å². The Morgan fingerprint density at radius 3 is 2.63 bits per heavy atom. The highest BCUT2D eigenvalue weighted by atomic mass is 15.1. The van der Waals surface area contributed by atoms with Crippen LogP contribution in [-0.4, -0.2) is 16.5 Å². The third-order valence-corrected chi connectivity index (χ3v) is 4.62. The Bertz CT molecular complexity index is 849. The van der Waals surface area contributed by atoms with E-state index in [-0.39, 0.29) is 0 Å². The van der Waals surface area contributed by atoms with E-state index in [0.29, 0.717) is 17.4 Å². The highest BCUT2D eigenvalue weighted by Crippen LogP contribution is 2.23. The summed E-state index contributed by atoms with van der Waals surface area (Å²) < 4.78 is 0. The van der Waals surface area contributed by atoms with E-state index in [1.165, 1.54) is 32.1 Å². The number of nitrogens with zero attached hydrogens (tertiary/aromatic N) is 3. The van der Waals surface area contributed by atoms with Crippen molar-refractivity contribution in [2.24, 2.45) is 5.92 Å². The van der Waals surface area contributed by atoms with E-state index in [9.17, 15) is 0 Å². The zero-order valence-corrected chi connectivity index (χ0v) is 15.8. The summed E-state index contributed by atoms with van der Waals surface area (Å²) in [6, 6.07) is 9.34. The molecule has 1 saturated carbocycles. The lowest BCUT2D eigenvalue weighted by Crippen LogP contribution is -2.08. The first-order valence-corrected chi connectivity index (χ1v) is 9.68. The molecule has 5 nitrogen and oxygen atoms in total. The van der Waals surface area contributed by atoms with Gasteiger partial charge in [0.05, 0.1) is 23.4 Å². The number of aromatic nitrogens is 2. The summed E-state index contributed by atoms with van der Waals surface area (Å²) in [6.07, 6.45) is 9.09. The molecule has 2 N–H and O–H groups in total. The highest BCUT2D eigenvalue weighted by molar-refractivity contribution is 5.60. The van der Waals surface area contributed by atoms with Crippen LogP contribution in [0.15, 0.2) is 30.5 Å². The van der Waals surface area contributed by atoms with Gasteiger partial charge in [-0.1, -0.05) is 38.0 Å². The molecule has 0 radical (unpaired) electrons. The van der Waals surface area contributed by atoms with Crippen LogP contribution >= 0.6 is 0 Å². The molecule has 0 aliphatic heterocycles. The van der Waals surface area contributed by atoms with E-state index < -0.39 is 0 Å². The number of rotatable bonds is 5. The van der Waals surface area contributed by atoms with Crippen molar-refractivity contribution < 1.29 is 0 Å². The first-order chi connectivity index (χ1) is 13.3. The molecule has 0 bridgehead atoms. The minimum absolute atomic E-state index is 0.495. The molecule has 0 atom stereocenters. The number of nitrogens with one attached hydrogen (secondary N) is 2. The van der Waals surface area contributed by atoms with E-state index in [1.54, 1.807) is 18.3 Å². The molecule has 0 amide bonds. The van der Waals surface area contributed by atoms with Crippen LogP contribution in [0.3, 0.4) is 0 Å². The Hall–Kier alpha value is -3.05. The molecule has 0 unspecified atom stereocenters. The average Bonchev–Trinajstić information content (AvgIpc) is 2.73. The maximum Gasteiger partial charge on any atom is 0.229 e. The second-order valence-corrected chi connectivity index (χ2v) is 6.80. The van der Waals surface area contributed by atoms with Crippen LogP contribution in [-0.2, 0) is 0 Å². The van der Waals surface area contributed by atoms with Gasteiger partial charge in [-0.2, -0.15) is 10.2 Å². The Kier molecular flexibility index (Phi) is 6.66. The van der Waals surface area contributed by atoms with Crippen molar-refractivity contribution >= 4 is 17.5 Å². The molecular weight excluding hydrogens is 334 g/mol. The molecule has 0 spiro atoms. The second kappa shape index (κ2) is 9.59. The molecule has 27 heavy (non-hydrogen) atoms. The maximum absolute atomic E-state index is 8.90. The van der Waals surface area contributed by atoms with Gasteiger partial charge in [0, 0.05) is 18.2 Å². The molecule has 138 valence electrons. The topological polar surface area (TPSA) is 73.6 Å². The van der Waals surface area contributed by atoms with Crippen molar-refractivity contribution in [3.8, 4) is 17.9 Å². The smallest absolute Gasteiger partial charge is 0.229 e. The molecule has 2 aromatic rings. The van der Waals surface area contributed by atoms with Crippen molar-refractivity contribution in [3.63, 3.8) is 0 Å². The van der Waals surface area contributed by atoms with Gasteiger partial charge in [-0.05, 0) is 43.5 Å². The lowest BCUT2D eigenvalue weighted by molar-refractivity contribution is 0.430. The van der Waals surface area contributed by atoms with E-state index in [4.69, 9.17) is 5.26 Å². The number of hydrogen-bond acceptors (Lipinski definition) is 5. The van der Waals surface area contributed by atoms with Gasteiger partial charge in [-0.15, -0.1) is 0 Å². The van der Waals surface area contributed by atoms with Gasteiger partial charge < -0.3 is 10.6 Å². The molecule has 1 aliphatic rings. The van der Waals surface area contributed by atoms with Gasteiger partial charge in [-0.25, -0.2) is 4.98 Å². The van der Waals surface area contributed by atoms with E-state index in [1.807, 2.05) is 12.1 Å². The first kappa shape index (κ1) is 18.7. The van der Waals surface area contributed by atoms with Crippen molar-refractivity contribution in [1.82, 2.24) is 9.97 Å². The van der Waals surface area contributed by atoms with Gasteiger partial charge in [0.25, 0.3) is 0 Å². The lowest BCUT2D eigenvalue weighted by atomic mass is 9.90. The van der Waals surface area contributed by atoms with Gasteiger partial charge in [0.1, 0.15) is 5.82 Å². The zero-order valence-electron chi connectivity index (χ0n) is 15.8. The lowest BCUT2D eigenvalue weighted by Gasteiger charge is -2.15. The van der Waals surface area contributed by atoms with E-state index >= 15 is 0 Å². The first-order valence-electron chi connectivity index (χ1n) is 9.68. The van der Waals surface area contributed by atoms with Gasteiger partial charge in [0.15, 0.2) is 0 Å². The molecule has 1 heterocycles. The number of benzene rings is 1. The van der Waals surface area contributed by atoms with Gasteiger partial charge in [-0.3, -0.25) is 0 Å². The largest absolute Gasteiger partial charge is 0.369 e. The minimum Gasteiger partial charge on any atom is -0.369 e. The predicted molar refractivity (Wildman–Crippen MR) is 109 cm³/mol. The molecule has 0 saturated heterocycles. The Balaban J connectivity index is 1.78. The summed E-state index contributed by atoms with van der Waals surface area (Å²) in [5.41, 5.74) is 2.32. The fraction of sp³-hybridized carbons (Fsp3) is 0.409. The van der Waals surface area contributed by atoms with Crippen LogP contribution < -0.4 is 10.6 Å². The molecular formula is C22H25N5. The molecule has 1 aliphatic carbocycles. The van der Waals surface area contributed by atoms with Crippen LogP contribution in [0.1, 0.15) is 56.6 Å². The molecule has 1 aromatic carbocycles. The van der Waals surface area contributed by atoms with E-state index in [2.05, 4.69) is 45.4 Å². The van der Waals surface area contributed by atoms with Crippen molar-refractivity contribution in [1.29, 1.82) is 5.26 Å². The van der Waals surface area contributed by atoms with E-state index in [0.717, 1.165) is 30.0 Å². The summed E-state index contributed by atoms with van der Waals surface area (Å²) in [5, 5.41) is 15.4. The Morgan fingerprint density at radius 2 is 1.93 bits per heavy atom. The second-order valence-electron chi connectivity index (χ2n) is 6.80. The average molecular weight is 359 g/mol. The van der Waals surface area contributed by atoms with Gasteiger partial charge in [0.2, 0.25) is 5.95 Å². The van der Waals surface area contributed by atoms with Crippen molar-refractivity contribution in [2.45, 2.75) is 45.4 Å². The number of nitriles is 1. The third-order valence-electron chi connectivity index (χ3n) is 4.62. The van der Waals surface area contributed by atoms with Crippen LogP contribution in [0.4, 0.5) is 17.5 Å². The van der Waals surface area contributed by atoms with Crippen LogP contribution in [0.2, 0.25) is 0 Å². The van der Waals surface area contributed by atoms with Gasteiger partial charge >= 0.3 is 0 Å². The monoisotopic (exact) mass is 359 g/mol. The fourth-order valence-corrected chi connectivity index (χ4v) is 3.10. The minimum atomic E-state index is 0.495. The quantitative estimate of drug-likeness (QED) is 0.747. The highest BCUT2D eigenvalue weighted by Gasteiger charge is 2.11. The molecule has 1 fully saturated rings. The van der Waals surface area contributed by atoms with Crippen LogP contribution in [0.25, 0.3) is 0 Å². The summed E-state index contributed by atoms with van der Waals surface area (Å²) in [7, 11) is 0. The third kappa shape index (κ3) is 5.46. The molecule has 3 rings (SSSR count). The fourth-order valence-electron chi connectivity index (χ4n) is 3.10. The summed E-state index contributed by atoms with van der Waals surface area (Å²) in [5.74, 6) is 8.49. The Morgan fingerprint density at radius 1 is 1.15 bits per heavy atom. The Labute approximate surface area is 161 Å². The predicted octanol–water partition coefficient (Wildman–Crippen LogP) is 4.85. The van der Waals surface area contributed by atoms with Crippen LogP contribution in [0, 0.1) is 29.1 Å². The summed E-state index contributed by atoms with van der Waals surface area (Å²) in [4.78, 5) is 9.03. The normalized spacial score (nSPS) is 13.9. The number of hydrogen-bond donors (Lipinski definition) is 2. The van der Waals surface area contributed by atoms with Crippen molar-refractivity contribution in [3.05, 3.63) is 41.6 Å². The van der Waals surface area contributed by atoms with Crippen molar-refractivity contribution in [2.75, 3.05) is 17.2 Å². The molecule has 5 heteroatoms. The summed E-state index contributed by atoms with van der Waals surface area (Å²) >= 11 is 0. The standard InChI is InChI=1S/C22H25N5/c1-2-14-24-21-19(11-8-17-6-4-3-5-7-17)16-25-22(27-21)26-20-12-9-18(15-23)10-13-20/h9-10,12-13,16-17H,2-7,14H2,1H3,(H2,24,25,26,27). The number of anilines is 3. The SMILES string of the molecule is CCCNc1nc(Nc2ccc(C#N)cc2)ncc1C#CC1CCCCC1. The molecule has 1 aromatic heterocycles.